The van der Waals surface area contributed by atoms with E-state index in [1.165, 1.54) is 154 Å². The topological polar surface area (TPSA) is 70.8 Å². The zero-order chi connectivity index (χ0) is 38.7. The average Bonchev–Trinajstić information content (AvgIpc) is 3.19. The Kier molecular flexibility index (Phi) is 32.0. The number of rotatable bonds is 29. The van der Waals surface area contributed by atoms with Gasteiger partial charge in [0.1, 0.15) is 0 Å². The minimum absolute atomic E-state index is 0. The molecule has 0 saturated heterocycles. The first-order valence-electron chi connectivity index (χ1n) is 21.9. The average molecular weight is 794 g/mol. The normalized spacial score (nSPS) is 11.5. The van der Waals surface area contributed by atoms with Crippen LogP contribution >= 0.6 is 0 Å². The number of aliphatic imine (C=N–C) groups is 2. The van der Waals surface area contributed by atoms with Crippen molar-refractivity contribution < 1.29 is 26.7 Å². The van der Waals surface area contributed by atoms with Gasteiger partial charge in [0.05, 0.1) is 23.3 Å². The maximum Gasteiger partial charge on any atom is 2.00 e. The van der Waals surface area contributed by atoms with E-state index in [1.807, 2.05) is 73.8 Å². The number of aryl methyl sites for hydroxylation is 2. The fraction of sp³-hybridized carbons (Fsp3) is 0.560. The summed E-state index contributed by atoms with van der Waals surface area (Å²) in [6.45, 7) is 5.93. The van der Waals surface area contributed by atoms with Crippen LogP contribution in [0.25, 0.3) is 0 Å². The monoisotopic (exact) mass is 793 g/mol. The molecular weight excluding hydrogens is 719 g/mol. The van der Waals surface area contributed by atoms with E-state index in [2.05, 4.69) is 24.1 Å². The van der Waals surface area contributed by atoms with Gasteiger partial charge in [-0.15, -0.1) is 11.5 Å². The van der Waals surface area contributed by atoms with Crippen LogP contribution in [0.4, 0.5) is 11.4 Å². The predicted octanol–water partition coefficient (Wildman–Crippen LogP) is 14.8. The number of hydrogen-bond acceptors (Lipinski definition) is 4. The minimum atomic E-state index is -0.387. The Labute approximate surface area is 347 Å². The second-order valence-electron chi connectivity index (χ2n) is 15.0. The van der Waals surface area contributed by atoms with Gasteiger partial charge < -0.3 is 10.2 Å². The summed E-state index contributed by atoms with van der Waals surface area (Å²) >= 11 is 0. The number of unbranched alkanes of at least 4 members (excludes halogenated alkanes) is 23. The molecule has 0 saturated carbocycles. The van der Waals surface area contributed by atoms with Crippen molar-refractivity contribution in [3.63, 3.8) is 0 Å². The molecule has 5 heteroatoms. The van der Waals surface area contributed by atoms with Crippen molar-refractivity contribution in [2.45, 2.75) is 181 Å². The van der Waals surface area contributed by atoms with Crippen LogP contribution in [0.1, 0.15) is 179 Å². The molecule has 4 nitrogen and oxygen atoms in total. The molecule has 3 aromatic carbocycles. The molecule has 0 heterocycles. The van der Waals surface area contributed by atoms with Crippen LogP contribution in [0.5, 0.6) is 11.5 Å². The largest absolute Gasteiger partial charge is 2.00 e. The van der Waals surface area contributed by atoms with Gasteiger partial charge >= 0.3 is 16.5 Å². The van der Waals surface area contributed by atoms with Gasteiger partial charge in [0.25, 0.3) is 0 Å². The molecule has 3 aromatic rings. The van der Waals surface area contributed by atoms with Crippen LogP contribution in [0.2, 0.25) is 0 Å². The predicted molar refractivity (Wildman–Crippen MR) is 233 cm³/mol. The van der Waals surface area contributed by atoms with Crippen molar-refractivity contribution >= 4 is 23.3 Å². The van der Waals surface area contributed by atoms with Crippen LogP contribution in [-0.4, -0.2) is 11.9 Å². The van der Waals surface area contributed by atoms with E-state index in [0.717, 1.165) is 35.5 Å². The maximum atomic E-state index is 10.9. The van der Waals surface area contributed by atoms with Gasteiger partial charge in [-0.1, -0.05) is 215 Å². The molecule has 306 valence electrons. The Balaban J connectivity index is 0.00000108. The van der Waals surface area contributed by atoms with Crippen LogP contribution in [0.15, 0.2) is 94.9 Å². The zero-order valence-electron chi connectivity index (χ0n) is 34.9. The van der Waals surface area contributed by atoms with Crippen molar-refractivity contribution in [1.29, 1.82) is 0 Å². The fourth-order valence-corrected chi connectivity index (χ4v) is 6.68. The smallest absolute Gasteiger partial charge is 0.873 e. The van der Waals surface area contributed by atoms with E-state index in [9.17, 15) is 10.2 Å². The maximum absolute atomic E-state index is 10.9. The van der Waals surface area contributed by atoms with Gasteiger partial charge in [-0.25, -0.2) is 4.99 Å². The number of nitrogens with zero attached hydrogens (tertiary/aromatic N) is 2. The summed E-state index contributed by atoms with van der Waals surface area (Å²) in [6, 6.07) is 23.4. The third kappa shape index (κ3) is 27.1. The second kappa shape index (κ2) is 35.3. The summed E-state index contributed by atoms with van der Waals surface area (Å²) in [5, 5.41) is 21.8. The Morgan fingerprint density at radius 1 is 0.545 bits per heavy atom. The summed E-state index contributed by atoms with van der Waals surface area (Å²) < 4.78 is 0. The summed E-state index contributed by atoms with van der Waals surface area (Å²) in [5.41, 5.74) is 4.29. The molecule has 0 spiro atoms. The van der Waals surface area contributed by atoms with Crippen molar-refractivity contribution in [2.75, 3.05) is 0 Å². The van der Waals surface area contributed by atoms with Gasteiger partial charge in [0.2, 0.25) is 0 Å². The molecule has 3 rings (SSSR count). The first-order valence-corrected chi connectivity index (χ1v) is 21.9. The molecule has 0 aliphatic rings. The third-order valence-corrected chi connectivity index (χ3v) is 10.1. The van der Waals surface area contributed by atoms with Gasteiger partial charge in [0.15, 0.2) is 0 Å². The summed E-state index contributed by atoms with van der Waals surface area (Å²) in [7, 11) is 0. The Hall–Kier alpha value is -3.17. The van der Waals surface area contributed by atoms with Crippen LogP contribution in [0, 0.1) is 6.92 Å². The Morgan fingerprint density at radius 2 is 0.964 bits per heavy atom. The number of benzene rings is 3. The van der Waals surface area contributed by atoms with Gasteiger partial charge in [-0.2, -0.15) is 0 Å². The van der Waals surface area contributed by atoms with E-state index >= 15 is 0 Å². The molecule has 0 aromatic heterocycles. The standard InChI is InChI=1S/C41H64N2.C9H12O2.Ni/c1-2-3-4-5-6-7-8-9-10-11-12-13-14-15-16-17-18-19-20-21-22-23-24-25-28-37-41(43-40-35-31-27-32-36-40)38-42-39-33-29-26-30-34-39;1-3-7-4-6(2)9(11)8(10)5-7;/h26-38H,2-25H2,1H3;4-5,10-11H,3H2,1-2H3;/q;;+2/p-2. The van der Waals surface area contributed by atoms with Gasteiger partial charge in [0, 0.05) is 0 Å². The molecule has 0 N–H and O–H groups in total. The molecule has 0 radical (unpaired) electrons. The minimum Gasteiger partial charge on any atom is -0.873 e. The SMILES string of the molecule is CCCCCCCCCCCCCCCCCCCCCCCCCC=CC(C=Nc1ccccc1)=Nc1ccccc1.CCc1cc(C)c([O-])c([O-])c1.[Ni+2]. The van der Waals surface area contributed by atoms with E-state index in [0.29, 0.717) is 5.56 Å². The van der Waals surface area contributed by atoms with Crippen molar-refractivity contribution in [2.24, 2.45) is 9.98 Å². The second-order valence-corrected chi connectivity index (χ2v) is 15.0. The van der Waals surface area contributed by atoms with Crippen molar-refractivity contribution in [3.8, 4) is 11.5 Å². The molecule has 55 heavy (non-hydrogen) atoms. The van der Waals surface area contributed by atoms with Crippen LogP contribution in [-0.2, 0) is 22.9 Å². The quantitative estimate of drug-likeness (QED) is 0.0399. The Bertz CT molecular complexity index is 1380. The van der Waals surface area contributed by atoms with E-state index in [4.69, 9.17) is 4.99 Å². The van der Waals surface area contributed by atoms with E-state index < -0.39 is 0 Å². The number of para-hydroxylation sites is 2. The fourth-order valence-electron chi connectivity index (χ4n) is 6.68. The first kappa shape index (κ1) is 49.9. The molecule has 0 fully saturated rings. The Morgan fingerprint density at radius 3 is 1.38 bits per heavy atom. The zero-order valence-corrected chi connectivity index (χ0v) is 35.9. The van der Waals surface area contributed by atoms with Gasteiger partial charge in [-0.3, -0.25) is 4.99 Å². The summed E-state index contributed by atoms with van der Waals surface area (Å²) in [4.78, 5) is 9.39. The molecule has 0 amide bonds. The van der Waals surface area contributed by atoms with Crippen molar-refractivity contribution in [1.82, 2.24) is 0 Å². The molecule has 0 aliphatic heterocycles. The molecule has 0 aliphatic carbocycles. The van der Waals surface area contributed by atoms with E-state index in [-0.39, 0.29) is 28.0 Å². The third-order valence-electron chi connectivity index (χ3n) is 10.1. The van der Waals surface area contributed by atoms with Crippen LogP contribution in [0.3, 0.4) is 0 Å². The number of allylic oxidation sites excluding steroid dienone is 2. The number of hydrogen-bond donors (Lipinski definition) is 0. The molecule has 0 unspecified atom stereocenters. The summed E-state index contributed by atoms with van der Waals surface area (Å²) in [6.07, 6.45) is 41.1. The van der Waals surface area contributed by atoms with Gasteiger partial charge in [-0.05, 0) is 62.1 Å². The van der Waals surface area contributed by atoms with Crippen molar-refractivity contribution in [3.05, 3.63) is 96.1 Å². The molecular formula is C50H74N2NiO2. The summed E-state index contributed by atoms with van der Waals surface area (Å²) in [5.74, 6) is -0.760. The van der Waals surface area contributed by atoms with Crippen LogP contribution < -0.4 is 10.2 Å². The molecule has 0 atom stereocenters. The van der Waals surface area contributed by atoms with E-state index in [1.54, 1.807) is 13.0 Å². The first-order chi connectivity index (χ1) is 26.5. The molecule has 0 bridgehead atoms.